The molecule has 1 saturated carbocycles. The fourth-order valence-electron chi connectivity index (χ4n) is 5.15. The molecule has 1 aromatic carbocycles. The van der Waals surface area contributed by atoms with Crippen LogP contribution in [0.1, 0.15) is 12.1 Å². The Morgan fingerprint density at radius 1 is 1.03 bits per heavy atom. The van der Waals surface area contributed by atoms with Crippen molar-refractivity contribution in [2.24, 2.45) is 30.7 Å². The molecule has 30 heavy (non-hydrogen) atoms. The zero-order valence-corrected chi connectivity index (χ0v) is 16.7. The van der Waals surface area contributed by atoms with Crippen molar-refractivity contribution in [2.45, 2.75) is 13.3 Å². The number of imide groups is 1. The number of carbonyl (C=O) groups excluding carboxylic acids is 3. The van der Waals surface area contributed by atoms with Crippen LogP contribution in [0.5, 0.6) is 0 Å². The first-order chi connectivity index (χ1) is 14.4. The summed E-state index contributed by atoms with van der Waals surface area (Å²) >= 11 is 0. The molecule has 8 heteroatoms. The molecule has 8 nitrogen and oxygen atoms in total. The number of rotatable bonds is 4. The summed E-state index contributed by atoms with van der Waals surface area (Å²) in [6.45, 7) is 1.36. The van der Waals surface area contributed by atoms with Gasteiger partial charge in [0.25, 0.3) is 5.56 Å². The minimum Gasteiger partial charge on any atom is -0.318 e. The lowest BCUT2D eigenvalue weighted by Crippen LogP contribution is -2.39. The van der Waals surface area contributed by atoms with E-state index in [9.17, 15) is 19.2 Å². The van der Waals surface area contributed by atoms with Gasteiger partial charge in [0.15, 0.2) is 0 Å². The number of para-hydroxylation sites is 1. The summed E-state index contributed by atoms with van der Waals surface area (Å²) in [6, 6.07) is 9.11. The maximum absolute atomic E-state index is 12.9. The van der Waals surface area contributed by atoms with Crippen LogP contribution < -0.4 is 10.9 Å². The van der Waals surface area contributed by atoms with Crippen molar-refractivity contribution in [3.8, 4) is 5.69 Å². The molecule has 2 fully saturated rings. The Labute approximate surface area is 172 Å². The molecule has 3 aliphatic rings. The highest BCUT2D eigenvalue weighted by Gasteiger charge is 2.59. The molecule has 2 heterocycles. The molecule has 5 rings (SSSR count). The molecule has 1 saturated heterocycles. The van der Waals surface area contributed by atoms with Crippen LogP contribution in [0, 0.1) is 30.6 Å². The Morgan fingerprint density at radius 2 is 1.63 bits per heavy atom. The maximum atomic E-state index is 12.9. The van der Waals surface area contributed by atoms with Gasteiger partial charge in [-0.1, -0.05) is 30.4 Å². The van der Waals surface area contributed by atoms with E-state index >= 15 is 0 Å². The summed E-state index contributed by atoms with van der Waals surface area (Å²) < 4.78 is 3.12. The topological polar surface area (TPSA) is 93.4 Å². The summed E-state index contributed by atoms with van der Waals surface area (Å²) in [5.74, 6) is -1.59. The van der Waals surface area contributed by atoms with Crippen molar-refractivity contribution in [2.75, 3.05) is 11.9 Å². The van der Waals surface area contributed by atoms with Crippen molar-refractivity contribution in [1.29, 1.82) is 0 Å². The number of hydrogen-bond donors (Lipinski definition) is 1. The van der Waals surface area contributed by atoms with Gasteiger partial charge in [-0.05, 0) is 37.3 Å². The predicted molar refractivity (Wildman–Crippen MR) is 109 cm³/mol. The molecule has 2 bridgehead atoms. The van der Waals surface area contributed by atoms with E-state index in [4.69, 9.17) is 0 Å². The molecule has 0 radical (unpaired) electrons. The lowest BCUT2D eigenvalue weighted by atomic mass is 9.85. The molecule has 3 amide bonds. The zero-order chi connectivity index (χ0) is 21.2. The number of anilines is 1. The van der Waals surface area contributed by atoms with Crippen molar-refractivity contribution in [3.05, 3.63) is 58.5 Å². The zero-order valence-electron chi connectivity index (χ0n) is 16.7. The van der Waals surface area contributed by atoms with Crippen molar-refractivity contribution in [3.63, 3.8) is 0 Å². The van der Waals surface area contributed by atoms with E-state index in [1.165, 1.54) is 4.68 Å². The highest BCUT2D eigenvalue weighted by atomic mass is 16.2. The van der Waals surface area contributed by atoms with E-state index in [0.29, 0.717) is 11.4 Å². The van der Waals surface area contributed by atoms with Crippen LogP contribution >= 0.6 is 0 Å². The van der Waals surface area contributed by atoms with E-state index in [2.05, 4.69) is 5.32 Å². The van der Waals surface area contributed by atoms with Crippen LogP contribution in [0.25, 0.3) is 5.69 Å². The Kier molecular flexibility index (Phi) is 4.06. The first kappa shape index (κ1) is 18.6. The van der Waals surface area contributed by atoms with Gasteiger partial charge in [-0.15, -0.1) is 0 Å². The van der Waals surface area contributed by atoms with E-state index in [-0.39, 0.29) is 53.3 Å². The Bertz CT molecular complexity index is 1130. The highest BCUT2D eigenvalue weighted by molar-refractivity contribution is 6.09. The number of fused-ring (bicyclic) bond motifs is 5. The van der Waals surface area contributed by atoms with Gasteiger partial charge in [0.05, 0.1) is 23.2 Å². The van der Waals surface area contributed by atoms with Crippen LogP contribution in [0.15, 0.2) is 47.3 Å². The molecule has 1 N–H and O–H groups in total. The lowest BCUT2D eigenvalue weighted by Gasteiger charge is -2.16. The van der Waals surface area contributed by atoms with Gasteiger partial charge in [0.1, 0.15) is 12.2 Å². The third kappa shape index (κ3) is 2.52. The number of nitrogens with zero attached hydrogens (tertiary/aromatic N) is 3. The second-order valence-electron chi connectivity index (χ2n) is 8.25. The average molecular weight is 406 g/mol. The Morgan fingerprint density at radius 3 is 2.23 bits per heavy atom. The third-order valence-electron chi connectivity index (χ3n) is 6.68. The molecule has 1 aliphatic heterocycles. The van der Waals surface area contributed by atoms with Gasteiger partial charge in [-0.3, -0.25) is 28.8 Å². The standard InChI is InChI=1S/C22H22N4O4/c1-12-19(22(30)26(24(12)2)15-6-4-3-5-7-15)23-16(27)11-25-20(28)17-13-8-9-14(10-13)18(17)21(25)29/h3-9,13-14,17-18H,10-11H2,1-2H3,(H,23,27)/t13-,14-,17+,18+/m0/s1. The number of nitrogens with one attached hydrogen (secondary N) is 1. The van der Waals surface area contributed by atoms with E-state index in [0.717, 1.165) is 11.3 Å². The van der Waals surface area contributed by atoms with Crippen LogP contribution in [0.4, 0.5) is 5.69 Å². The van der Waals surface area contributed by atoms with E-state index < -0.39 is 5.91 Å². The SMILES string of the molecule is Cc1c(NC(=O)CN2C(=O)[C@H]3[C@H](C2=O)[C@H]2C=C[C@H]3C2)c(=O)n(-c2ccccc2)n1C. The summed E-state index contributed by atoms with van der Waals surface area (Å²) in [7, 11) is 1.73. The largest absolute Gasteiger partial charge is 0.318 e. The van der Waals surface area contributed by atoms with Gasteiger partial charge >= 0.3 is 0 Å². The smallest absolute Gasteiger partial charge is 0.295 e. The minimum atomic E-state index is -0.553. The van der Waals surface area contributed by atoms with Crippen molar-refractivity contribution in [1.82, 2.24) is 14.3 Å². The summed E-state index contributed by atoms with van der Waals surface area (Å²) in [6.07, 6.45) is 4.87. The van der Waals surface area contributed by atoms with E-state index in [1.807, 2.05) is 30.4 Å². The van der Waals surface area contributed by atoms with Crippen molar-refractivity contribution >= 4 is 23.4 Å². The maximum Gasteiger partial charge on any atom is 0.295 e. The number of likely N-dealkylation sites (tertiary alicyclic amines) is 1. The molecule has 154 valence electrons. The van der Waals surface area contributed by atoms with Gasteiger partial charge in [0, 0.05) is 7.05 Å². The fourth-order valence-corrected chi connectivity index (χ4v) is 5.15. The molecule has 4 atom stereocenters. The molecule has 1 aromatic heterocycles. The fraction of sp³-hybridized carbons (Fsp3) is 0.364. The normalized spacial score (nSPS) is 26.5. The van der Waals surface area contributed by atoms with E-state index in [1.54, 1.807) is 30.8 Å². The lowest BCUT2D eigenvalue weighted by molar-refractivity contribution is -0.143. The van der Waals surface area contributed by atoms with Crippen LogP contribution in [0.3, 0.4) is 0 Å². The summed E-state index contributed by atoms with van der Waals surface area (Å²) in [5.41, 5.74) is 1.03. The second-order valence-corrected chi connectivity index (χ2v) is 8.25. The van der Waals surface area contributed by atoms with Gasteiger partial charge in [0.2, 0.25) is 17.7 Å². The first-order valence-corrected chi connectivity index (χ1v) is 10.1. The minimum absolute atomic E-state index is 0.0963. The molecular formula is C22H22N4O4. The first-order valence-electron chi connectivity index (χ1n) is 10.1. The Balaban J connectivity index is 1.37. The van der Waals surface area contributed by atoms with Crippen LogP contribution in [-0.2, 0) is 21.4 Å². The number of aromatic nitrogens is 2. The molecule has 2 aliphatic carbocycles. The second kappa shape index (κ2) is 6.55. The number of carbonyl (C=O) groups is 3. The monoisotopic (exact) mass is 406 g/mol. The van der Waals surface area contributed by atoms with Gasteiger partial charge < -0.3 is 5.32 Å². The molecule has 0 spiro atoms. The summed E-state index contributed by atoms with van der Waals surface area (Å²) in [4.78, 5) is 52.2. The average Bonchev–Trinajstić information content (AvgIpc) is 3.46. The number of hydrogen-bond acceptors (Lipinski definition) is 4. The van der Waals surface area contributed by atoms with Crippen LogP contribution in [-0.4, -0.2) is 38.5 Å². The number of benzene rings is 1. The molecular weight excluding hydrogens is 384 g/mol. The quantitative estimate of drug-likeness (QED) is 0.611. The molecule has 0 unspecified atom stereocenters. The Hall–Kier alpha value is -3.42. The summed E-state index contributed by atoms with van der Waals surface area (Å²) in [5, 5.41) is 2.63. The number of amides is 3. The van der Waals surface area contributed by atoms with Gasteiger partial charge in [-0.25, -0.2) is 4.68 Å². The van der Waals surface area contributed by atoms with Crippen LogP contribution in [0.2, 0.25) is 0 Å². The highest BCUT2D eigenvalue weighted by Crippen LogP contribution is 2.52. The third-order valence-corrected chi connectivity index (χ3v) is 6.68. The number of allylic oxidation sites excluding steroid dienone is 2. The molecule has 2 aromatic rings. The van der Waals surface area contributed by atoms with Gasteiger partial charge in [-0.2, -0.15) is 0 Å². The predicted octanol–water partition coefficient (Wildman–Crippen LogP) is 1.23. The van der Waals surface area contributed by atoms with Crippen molar-refractivity contribution < 1.29 is 14.4 Å².